The highest BCUT2D eigenvalue weighted by atomic mass is 35.5. The molecule has 0 spiro atoms. The number of hydrogen-bond donors (Lipinski definition) is 2. The van der Waals surface area contributed by atoms with E-state index in [4.69, 9.17) is 20.8 Å². The van der Waals surface area contributed by atoms with Crippen molar-refractivity contribution in [3.8, 4) is 5.75 Å². The number of para-hydroxylation sites is 1. The lowest BCUT2D eigenvalue weighted by Crippen LogP contribution is -2.15. The number of nitrogens with one attached hydrogen (secondary N) is 2. The Morgan fingerprint density at radius 1 is 1.04 bits per heavy atom. The van der Waals surface area contributed by atoms with Crippen LogP contribution in [0.25, 0.3) is 6.08 Å². The van der Waals surface area contributed by atoms with Gasteiger partial charge >= 0.3 is 0 Å². The second kappa shape index (κ2) is 8.92. The van der Waals surface area contributed by atoms with Gasteiger partial charge in [-0.3, -0.25) is 9.59 Å². The molecule has 0 aliphatic heterocycles. The molecule has 0 unspecified atom stereocenters. The Morgan fingerprint density at radius 3 is 2.61 bits per heavy atom. The second-order valence-corrected chi connectivity index (χ2v) is 6.12. The minimum atomic E-state index is -0.452. The third kappa shape index (κ3) is 4.81. The van der Waals surface area contributed by atoms with E-state index >= 15 is 0 Å². The van der Waals surface area contributed by atoms with Gasteiger partial charge in [-0.15, -0.1) is 0 Å². The van der Waals surface area contributed by atoms with Gasteiger partial charge in [0, 0.05) is 16.7 Å². The zero-order chi connectivity index (χ0) is 19.9. The van der Waals surface area contributed by atoms with Gasteiger partial charge in [-0.05, 0) is 42.5 Å². The van der Waals surface area contributed by atoms with Crippen molar-refractivity contribution in [3.63, 3.8) is 0 Å². The van der Waals surface area contributed by atoms with Gasteiger partial charge < -0.3 is 19.8 Å². The van der Waals surface area contributed by atoms with Crippen LogP contribution in [0.2, 0.25) is 5.02 Å². The number of furan rings is 1. The van der Waals surface area contributed by atoms with Gasteiger partial charge in [0.05, 0.1) is 24.7 Å². The van der Waals surface area contributed by atoms with E-state index in [9.17, 15) is 9.59 Å². The summed E-state index contributed by atoms with van der Waals surface area (Å²) in [6, 6.07) is 15.2. The average Bonchev–Trinajstić information content (AvgIpc) is 3.23. The fourth-order valence-electron chi connectivity index (χ4n) is 2.46. The molecule has 0 atom stereocenters. The maximum Gasteiger partial charge on any atom is 0.291 e. The summed E-state index contributed by atoms with van der Waals surface area (Å²) < 4.78 is 10.3. The number of halogens is 1. The summed E-state index contributed by atoms with van der Waals surface area (Å²) >= 11 is 6.02. The van der Waals surface area contributed by atoms with Gasteiger partial charge in [0.25, 0.3) is 5.91 Å². The van der Waals surface area contributed by atoms with Gasteiger partial charge in [0.1, 0.15) is 5.75 Å². The van der Waals surface area contributed by atoms with Crippen LogP contribution in [0.3, 0.4) is 0 Å². The molecule has 0 aliphatic rings. The number of methoxy groups -OCH3 is 1. The van der Waals surface area contributed by atoms with Crippen molar-refractivity contribution in [3.05, 3.63) is 83.3 Å². The number of amides is 2. The molecular weight excluding hydrogens is 380 g/mol. The molecule has 2 aromatic carbocycles. The van der Waals surface area contributed by atoms with Crippen LogP contribution >= 0.6 is 11.6 Å². The fourth-order valence-corrected chi connectivity index (χ4v) is 2.64. The minimum absolute atomic E-state index is 0.147. The molecule has 1 heterocycles. The van der Waals surface area contributed by atoms with Gasteiger partial charge in [-0.1, -0.05) is 29.8 Å². The average molecular weight is 397 g/mol. The zero-order valence-corrected chi connectivity index (χ0v) is 15.7. The molecule has 0 aliphatic carbocycles. The summed E-state index contributed by atoms with van der Waals surface area (Å²) in [4.78, 5) is 24.6. The molecule has 0 saturated heterocycles. The first-order chi connectivity index (χ1) is 13.6. The largest absolute Gasteiger partial charge is 0.496 e. The smallest absolute Gasteiger partial charge is 0.291 e. The van der Waals surface area contributed by atoms with Crippen LogP contribution < -0.4 is 15.4 Å². The maximum atomic E-state index is 12.3. The Balaban J connectivity index is 1.75. The first-order valence-corrected chi connectivity index (χ1v) is 8.71. The predicted octanol–water partition coefficient (Wildman–Crippen LogP) is 4.85. The van der Waals surface area contributed by atoms with E-state index in [-0.39, 0.29) is 11.7 Å². The number of benzene rings is 2. The first-order valence-electron chi connectivity index (χ1n) is 8.33. The highest BCUT2D eigenvalue weighted by Crippen LogP contribution is 2.27. The molecule has 2 amide bonds. The molecule has 0 bridgehead atoms. The molecule has 28 heavy (non-hydrogen) atoms. The maximum absolute atomic E-state index is 12.3. The van der Waals surface area contributed by atoms with E-state index in [0.717, 1.165) is 5.56 Å². The molecular formula is C21H17ClN2O4. The third-order valence-electron chi connectivity index (χ3n) is 3.79. The highest BCUT2D eigenvalue weighted by Gasteiger charge is 2.13. The third-order valence-corrected chi connectivity index (χ3v) is 4.02. The number of carbonyl (C=O) groups excluding carboxylic acids is 2. The molecule has 7 heteroatoms. The van der Waals surface area contributed by atoms with Gasteiger partial charge in [-0.2, -0.15) is 0 Å². The van der Waals surface area contributed by atoms with Crippen LogP contribution in [-0.2, 0) is 4.79 Å². The lowest BCUT2D eigenvalue weighted by atomic mass is 10.2. The summed E-state index contributed by atoms with van der Waals surface area (Å²) in [5, 5.41) is 5.81. The Kier molecular flexibility index (Phi) is 6.14. The zero-order valence-electron chi connectivity index (χ0n) is 14.9. The Morgan fingerprint density at radius 2 is 1.86 bits per heavy atom. The van der Waals surface area contributed by atoms with E-state index in [1.54, 1.807) is 43.5 Å². The van der Waals surface area contributed by atoms with Crippen molar-refractivity contribution in [1.29, 1.82) is 0 Å². The Bertz CT molecular complexity index is 1010. The van der Waals surface area contributed by atoms with E-state index in [2.05, 4.69) is 10.6 Å². The van der Waals surface area contributed by atoms with Crippen molar-refractivity contribution in [2.24, 2.45) is 0 Å². The van der Waals surface area contributed by atoms with Crippen molar-refractivity contribution >= 4 is 40.9 Å². The van der Waals surface area contributed by atoms with Crippen molar-refractivity contribution in [2.45, 2.75) is 0 Å². The SMILES string of the molecule is COc1ccccc1/C=C/C(=O)Nc1ccc(Cl)cc1NC(=O)c1ccco1. The quantitative estimate of drug-likeness (QED) is 0.584. The predicted molar refractivity (Wildman–Crippen MR) is 109 cm³/mol. The van der Waals surface area contributed by atoms with Crippen molar-refractivity contribution in [1.82, 2.24) is 0 Å². The summed E-state index contributed by atoms with van der Waals surface area (Å²) in [7, 11) is 1.56. The number of hydrogen-bond acceptors (Lipinski definition) is 4. The summed E-state index contributed by atoms with van der Waals surface area (Å²) in [6.45, 7) is 0. The Labute approximate surface area is 166 Å². The van der Waals surface area contributed by atoms with E-state index in [0.29, 0.717) is 22.1 Å². The van der Waals surface area contributed by atoms with Gasteiger partial charge in [0.15, 0.2) is 5.76 Å². The van der Waals surface area contributed by atoms with Crippen LogP contribution in [0.15, 0.2) is 71.4 Å². The molecule has 1 aromatic heterocycles. The molecule has 142 valence electrons. The van der Waals surface area contributed by atoms with Crippen LogP contribution in [-0.4, -0.2) is 18.9 Å². The highest BCUT2D eigenvalue weighted by molar-refractivity contribution is 6.31. The molecule has 3 aromatic rings. The molecule has 0 fully saturated rings. The summed E-state index contributed by atoms with van der Waals surface area (Å²) in [6.07, 6.45) is 4.42. The molecule has 0 radical (unpaired) electrons. The number of rotatable bonds is 6. The Hall–Kier alpha value is -3.51. The second-order valence-electron chi connectivity index (χ2n) is 5.69. The normalized spacial score (nSPS) is 10.6. The molecule has 6 nitrogen and oxygen atoms in total. The van der Waals surface area contributed by atoms with Crippen molar-refractivity contribution < 1.29 is 18.7 Å². The van der Waals surface area contributed by atoms with E-state index in [1.165, 1.54) is 18.4 Å². The fraction of sp³-hybridized carbons (Fsp3) is 0.0476. The van der Waals surface area contributed by atoms with Crippen LogP contribution in [0.4, 0.5) is 11.4 Å². The number of carbonyl (C=O) groups is 2. The monoisotopic (exact) mass is 396 g/mol. The van der Waals surface area contributed by atoms with Crippen molar-refractivity contribution in [2.75, 3.05) is 17.7 Å². The van der Waals surface area contributed by atoms with E-state index in [1.807, 2.05) is 18.2 Å². The molecule has 3 rings (SSSR count). The molecule has 0 saturated carbocycles. The molecule has 2 N–H and O–H groups in total. The number of ether oxygens (including phenoxy) is 1. The van der Waals surface area contributed by atoms with Gasteiger partial charge in [-0.25, -0.2) is 0 Å². The van der Waals surface area contributed by atoms with Crippen LogP contribution in [0, 0.1) is 0 Å². The lowest BCUT2D eigenvalue weighted by Gasteiger charge is -2.11. The first kappa shape index (κ1) is 19.3. The lowest BCUT2D eigenvalue weighted by molar-refractivity contribution is -0.111. The van der Waals surface area contributed by atoms with Crippen LogP contribution in [0.5, 0.6) is 5.75 Å². The van der Waals surface area contributed by atoms with Gasteiger partial charge in [0.2, 0.25) is 5.91 Å². The topological polar surface area (TPSA) is 80.6 Å². The van der Waals surface area contributed by atoms with Crippen LogP contribution in [0.1, 0.15) is 16.1 Å². The standard InChI is InChI=1S/C21H17ClN2O4/c1-27-18-6-3-2-5-14(18)8-11-20(25)23-16-10-9-15(22)13-17(16)24-21(26)19-7-4-12-28-19/h2-13H,1H3,(H,23,25)(H,24,26)/b11-8+. The van der Waals surface area contributed by atoms with E-state index < -0.39 is 5.91 Å². The summed E-state index contributed by atoms with van der Waals surface area (Å²) in [5.41, 5.74) is 1.52. The number of anilines is 2. The minimum Gasteiger partial charge on any atom is -0.496 e. The summed E-state index contributed by atoms with van der Waals surface area (Å²) in [5.74, 6) is -0.0215.